The van der Waals surface area contributed by atoms with Gasteiger partial charge in [0.1, 0.15) is 28.8 Å². The summed E-state index contributed by atoms with van der Waals surface area (Å²) < 4.78 is 41.0. The van der Waals surface area contributed by atoms with E-state index < -0.39 is 30.6 Å². The second-order valence-electron chi connectivity index (χ2n) is 11.9. The van der Waals surface area contributed by atoms with Gasteiger partial charge in [-0.25, -0.2) is 0 Å². The predicted octanol–water partition coefficient (Wildman–Crippen LogP) is 4.06. The van der Waals surface area contributed by atoms with Crippen molar-refractivity contribution in [3.05, 3.63) is 52.6 Å². The molecule has 10 nitrogen and oxygen atoms in total. The number of carbonyl (C=O) groups is 4. The van der Waals surface area contributed by atoms with Crippen LogP contribution in [0.4, 0.5) is 18.9 Å². The molecule has 0 saturated carbocycles. The van der Waals surface area contributed by atoms with E-state index in [0.29, 0.717) is 35.2 Å². The zero-order valence-corrected chi connectivity index (χ0v) is 26.2. The highest BCUT2D eigenvalue weighted by atomic mass is 19.4. The maximum absolute atomic E-state index is 13.5. The Bertz CT molecular complexity index is 1400. The van der Waals surface area contributed by atoms with Crippen LogP contribution in [0.1, 0.15) is 68.9 Å². The number of halogens is 3. The molecule has 1 aliphatic rings. The highest BCUT2D eigenvalue weighted by Gasteiger charge is 2.36. The summed E-state index contributed by atoms with van der Waals surface area (Å²) in [6.07, 6.45) is -3.95. The number of nitrogens with zero attached hydrogens (tertiary/aromatic N) is 1. The number of phenolic OH excluding ortho intramolecular Hbond substituents is 1. The van der Waals surface area contributed by atoms with Gasteiger partial charge in [-0.15, -0.1) is 13.2 Å². The first-order chi connectivity index (χ1) is 21.1. The van der Waals surface area contributed by atoms with Crippen LogP contribution in [-0.4, -0.2) is 77.6 Å². The van der Waals surface area contributed by atoms with Crippen molar-refractivity contribution >= 4 is 28.8 Å². The molecule has 0 heterocycles. The van der Waals surface area contributed by atoms with Gasteiger partial charge in [0, 0.05) is 54.4 Å². The summed E-state index contributed by atoms with van der Waals surface area (Å²) >= 11 is 0. The lowest BCUT2D eigenvalue weighted by Crippen LogP contribution is -2.33. The number of hydrogen-bond acceptors (Lipinski definition) is 9. The number of aryl methyl sites for hydroxylation is 1. The summed E-state index contributed by atoms with van der Waals surface area (Å²) in [6, 6.07) is 6.75. The lowest BCUT2D eigenvalue weighted by molar-refractivity contribution is -0.274. The van der Waals surface area contributed by atoms with E-state index in [1.54, 1.807) is 20.2 Å². The summed E-state index contributed by atoms with van der Waals surface area (Å²) in [5, 5.41) is 30.8. The maximum Gasteiger partial charge on any atom is 0.573 e. The van der Waals surface area contributed by atoms with Gasteiger partial charge in [-0.1, -0.05) is 12.1 Å². The van der Waals surface area contributed by atoms with Crippen molar-refractivity contribution in [1.29, 1.82) is 0 Å². The number of phenols is 1. The molecule has 1 aliphatic carbocycles. The normalized spacial score (nSPS) is 15.7. The Balaban J connectivity index is 0.00000736. The fraction of sp³-hybridized carbons (Fsp3) is 0.515. The Morgan fingerprint density at radius 1 is 1.11 bits per heavy atom. The SMILES string of the molecule is CC(=O)CC(=O)C(CO)C(CCO)CC1CC(=O)c2c(O)c(CCC(=O)Cc3ccc(OC(F)(F)F)cc3)cc(N(C)C)c2C1.O.[HH].[HH]. The van der Waals surface area contributed by atoms with E-state index in [9.17, 15) is 47.7 Å². The molecular formula is C33H46F3NO9. The lowest BCUT2D eigenvalue weighted by Gasteiger charge is -2.33. The number of aromatic hydroxyl groups is 1. The van der Waals surface area contributed by atoms with Crippen LogP contribution >= 0.6 is 0 Å². The molecule has 2 aromatic rings. The smallest absolute Gasteiger partial charge is 0.507 e. The van der Waals surface area contributed by atoms with Crippen molar-refractivity contribution in [2.24, 2.45) is 17.8 Å². The molecule has 0 radical (unpaired) electrons. The second kappa shape index (κ2) is 16.7. The van der Waals surface area contributed by atoms with E-state index in [4.69, 9.17) is 0 Å². The number of fused-ring (bicyclic) bond motifs is 1. The average Bonchev–Trinajstić information content (AvgIpc) is 2.92. The first-order valence-electron chi connectivity index (χ1n) is 14.8. The van der Waals surface area contributed by atoms with Crippen molar-refractivity contribution in [3.8, 4) is 11.5 Å². The van der Waals surface area contributed by atoms with Gasteiger partial charge in [0.25, 0.3) is 0 Å². The van der Waals surface area contributed by atoms with Crippen molar-refractivity contribution < 1.29 is 60.7 Å². The lowest BCUT2D eigenvalue weighted by atomic mass is 9.73. The summed E-state index contributed by atoms with van der Waals surface area (Å²) in [7, 11) is 3.58. The Morgan fingerprint density at radius 2 is 1.76 bits per heavy atom. The Hall–Kier alpha value is -3.81. The Kier molecular flexibility index (Phi) is 13.9. The summed E-state index contributed by atoms with van der Waals surface area (Å²) in [5.74, 6) is -3.33. The van der Waals surface area contributed by atoms with Crippen molar-refractivity contribution in [1.82, 2.24) is 0 Å². The first kappa shape index (κ1) is 38.4. The van der Waals surface area contributed by atoms with Gasteiger partial charge in [0.05, 0.1) is 18.6 Å². The van der Waals surface area contributed by atoms with Gasteiger partial charge < -0.3 is 30.4 Å². The van der Waals surface area contributed by atoms with E-state index in [2.05, 4.69) is 4.74 Å². The number of benzene rings is 2. The van der Waals surface area contributed by atoms with Crippen LogP contribution in [0.3, 0.4) is 0 Å². The number of ketones is 4. The Morgan fingerprint density at radius 3 is 2.30 bits per heavy atom. The molecule has 0 aliphatic heterocycles. The van der Waals surface area contributed by atoms with Gasteiger partial charge in [-0.05, 0) is 79.3 Å². The summed E-state index contributed by atoms with van der Waals surface area (Å²) in [4.78, 5) is 52.2. The van der Waals surface area contributed by atoms with E-state index in [1.165, 1.54) is 19.1 Å². The number of aliphatic hydroxyl groups excluding tert-OH is 2. The van der Waals surface area contributed by atoms with Gasteiger partial charge in [-0.3, -0.25) is 19.2 Å². The molecule has 5 N–H and O–H groups in total. The molecule has 0 amide bonds. The largest absolute Gasteiger partial charge is 0.573 e. The van der Waals surface area contributed by atoms with Crippen LogP contribution < -0.4 is 9.64 Å². The molecule has 0 fully saturated rings. The first-order valence-corrected chi connectivity index (χ1v) is 14.8. The topological polar surface area (TPSA) is 173 Å². The highest BCUT2D eigenvalue weighted by Crippen LogP contribution is 2.42. The maximum atomic E-state index is 13.5. The number of rotatable bonds is 16. The fourth-order valence-electron chi connectivity index (χ4n) is 6.11. The molecule has 258 valence electrons. The minimum Gasteiger partial charge on any atom is -0.507 e. The van der Waals surface area contributed by atoms with E-state index >= 15 is 0 Å². The van der Waals surface area contributed by atoms with Crippen LogP contribution in [-0.2, 0) is 33.6 Å². The van der Waals surface area contributed by atoms with Crippen LogP contribution in [0.2, 0.25) is 0 Å². The minimum atomic E-state index is -4.81. The molecular weight excluding hydrogens is 611 g/mol. The molecule has 0 saturated heterocycles. The van der Waals surface area contributed by atoms with Gasteiger partial charge in [0.2, 0.25) is 0 Å². The van der Waals surface area contributed by atoms with Crippen molar-refractivity contribution in [2.75, 3.05) is 32.2 Å². The molecule has 3 atom stereocenters. The molecule has 0 aromatic heterocycles. The Labute approximate surface area is 268 Å². The zero-order valence-electron chi connectivity index (χ0n) is 26.2. The van der Waals surface area contributed by atoms with Crippen LogP contribution in [0.25, 0.3) is 0 Å². The van der Waals surface area contributed by atoms with Gasteiger partial charge in [-0.2, -0.15) is 0 Å². The third-order valence-corrected chi connectivity index (χ3v) is 8.16. The molecule has 3 rings (SSSR count). The predicted molar refractivity (Wildman–Crippen MR) is 167 cm³/mol. The quantitative estimate of drug-likeness (QED) is 0.225. The summed E-state index contributed by atoms with van der Waals surface area (Å²) in [6.45, 7) is 0.593. The molecule has 0 bridgehead atoms. The fourth-order valence-corrected chi connectivity index (χ4v) is 6.11. The monoisotopic (exact) mass is 657 g/mol. The van der Waals surface area contributed by atoms with Gasteiger partial charge in [0.15, 0.2) is 5.78 Å². The van der Waals surface area contributed by atoms with Crippen LogP contribution in [0, 0.1) is 17.8 Å². The van der Waals surface area contributed by atoms with Crippen LogP contribution in [0.15, 0.2) is 30.3 Å². The molecule has 3 unspecified atom stereocenters. The molecule has 2 aromatic carbocycles. The third-order valence-electron chi connectivity index (χ3n) is 8.16. The number of ether oxygens (including phenoxy) is 1. The number of alkyl halides is 3. The number of aliphatic hydroxyl groups is 2. The standard InChI is InChI=1S/C33H40F3NO8.H2O.2H2/c1-19(40)12-29(42)27(18-39)22(10-11-38)13-21-15-26-28(37(2)3)17-23(32(44)31(26)30(43)16-21)6-7-24(41)14-20-4-8-25(9-5-20)45-33(34,35)36;;;/h4-5,8-9,17,21-22,27,38-39,44H,6-7,10-16,18H2,1-3H3;1H2;2*1H. The molecule has 46 heavy (non-hydrogen) atoms. The van der Waals surface area contributed by atoms with Crippen LogP contribution in [0.5, 0.6) is 11.5 Å². The van der Waals surface area contributed by atoms with E-state index in [1.807, 2.05) is 4.90 Å². The number of hydrogen-bond donors (Lipinski definition) is 3. The molecule has 13 heteroatoms. The van der Waals surface area contributed by atoms with Crippen molar-refractivity contribution in [3.63, 3.8) is 0 Å². The number of anilines is 1. The molecule has 0 spiro atoms. The van der Waals surface area contributed by atoms with Crippen molar-refractivity contribution in [2.45, 2.75) is 64.7 Å². The van der Waals surface area contributed by atoms with Gasteiger partial charge >= 0.3 is 6.36 Å². The average molecular weight is 658 g/mol. The number of carbonyl (C=O) groups excluding carboxylic acids is 4. The second-order valence-corrected chi connectivity index (χ2v) is 11.9. The third kappa shape index (κ3) is 10.4. The highest BCUT2D eigenvalue weighted by molar-refractivity contribution is 6.03. The summed E-state index contributed by atoms with van der Waals surface area (Å²) in [5.41, 5.74) is 2.43. The van der Waals surface area contributed by atoms with E-state index in [-0.39, 0.29) is 93.8 Å². The minimum absolute atomic E-state index is 0. The number of Topliss-reactive ketones (excluding diaryl/α,β-unsaturated/α-hetero) is 4. The van der Waals surface area contributed by atoms with E-state index in [0.717, 1.165) is 12.1 Å². The zero-order chi connectivity index (χ0) is 33.5.